The van der Waals surface area contributed by atoms with Crippen molar-refractivity contribution in [3.05, 3.63) is 52.7 Å². The van der Waals surface area contributed by atoms with Crippen LogP contribution in [0.25, 0.3) is 16.7 Å². The van der Waals surface area contributed by atoms with Gasteiger partial charge in [-0.05, 0) is 26.0 Å². The molecule has 3 rings (SSSR count). The zero-order chi connectivity index (χ0) is 13.4. The van der Waals surface area contributed by atoms with Crippen LogP contribution in [0.5, 0.6) is 0 Å². The van der Waals surface area contributed by atoms with Crippen molar-refractivity contribution in [2.45, 2.75) is 20.4 Å². The van der Waals surface area contributed by atoms with Crippen LogP contribution in [0, 0.1) is 6.92 Å². The number of hydrogen-bond acceptors (Lipinski definition) is 3. The molecule has 2 heterocycles. The maximum atomic E-state index is 12.3. The molecule has 96 valence electrons. The molecule has 0 fully saturated rings. The normalized spacial score (nSPS) is 11.1. The summed E-state index contributed by atoms with van der Waals surface area (Å²) in [6, 6.07) is 9.69. The van der Waals surface area contributed by atoms with Crippen molar-refractivity contribution >= 4 is 11.0 Å². The van der Waals surface area contributed by atoms with Crippen LogP contribution < -0.4 is 5.56 Å². The number of hydrogen-bond donors (Lipinski definition) is 0. The Morgan fingerprint density at radius 3 is 2.63 bits per heavy atom. The summed E-state index contributed by atoms with van der Waals surface area (Å²) in [5.41, 5.74) is 1.48. The quantitative estimate of drug-likeness (QED) is 0.702. The molecule has 0 saturated carbocycles. The predicted molar refractivity (Wildman–Crippen MR) is 73.5 cm³/mol. The Kier molecular flexibility index (Phi) is 2.67. The summed E-state index contributed by atoms with van der Waals surface area (Å²) in [7, 11) is 0. The van der Waals surface area contributed by atoms with Gasteiger partial charge in [-0.15, -0.1) is 0 Å². The van der Waals surface area contributed by atoms with Gasteiger partial charge in [-0.1, -0.05) is 18.2 Å². The Bertz CT molecular complexity index is 786. The number of aromatic nitrogens is 4. The topological polar surface area (TPSA) is 52.7 Å². The van der Waals surface area contributed by atoms with E-state index >= 15 is 0 Å². The van der Waals surface area contributed by atoms with E-state index in [2.05, 4.69) is 10.1 Å². The fourth-order valence-corrected chi connectivity index (χ4v) is 2.24. The lowest BCUT2D eigenvalue weighted by molar-refractivity contribution is 0.683. The summed E-state index contributed by atoms with van der Waals surface area (Å²) < 4.78 is 3.35. The van der Waals surface area contributed by atoms with Crippen LogP contribution in [0.15, 0.2) is 41.3 Å². The third-order valence-corrected chi connectivity index (χ3v) is 3.19. The van der Waals surface area contributed by atoms with Gasteiger partial charge in [0.25, 0.3) is 5.56 Å². The Morgan fingerprint density at radius 1 is 1.21 bits per heavy atom. The van der Waals surface area contributed by atoms with E-state index in [1.54, 1.807) is 15.4 Å². The number of benzene rings is 1. The number of fused-ring (bicyclic) bond motifs is 1. The van der Waals surface area contributed by atoms with E-state index < -0.39 is 0 Å². The van der Waals surface area contributed by atoms with Gasteiger partial charge in [-0.2, -0.15) is 5.10 Å². The molecule has 1 aromatic carbocycles. The van der Waals surface area contributed by atoms with E-state index in [4.69, 9.17) is 0 Å². The number of para-hydroxylation sites is 1. The second-order valence-corrected chi connectivity index (χ2v) is 4.34. The molecule has 0 radical (unpaired) electrons. The summed E-state index contributed by atoms with van der Waals surface area (Å²) in [6.45, 7) is 4.39. The zero-order valence-corrected chi connectivity index (χ0v) is 10.9. The van der Waals surface area contributed by atoms with Gasteiger partial charge in [0.05, 0.1) is 11.9 Å². The lowest BCUT2D eigenvalue weighted by Crippen LogP contribution is -2.22. The summed E-state index contributed by atoms with van der Waals surface area (Å²) in [5, 5.41) is 4.84. The zero-order valence-electron chi connectivity index (χ0n) is 10.9. The molecule has 0 bridgehead atoms. The molecule has 0 saturated heterocycles. The first-order valence-electron chi connectivity index (χ1n) is 6.23. The van der Waals surface area contributed by atoms with Crippen molar-refractivity contribution in [2.75, 3.05) is 0 Å². The first kappa shape index (κ1) is 11.6. The van der Waals surface area contributed by atoms with Crippen LogP contribution in [-0.2, 0) is 6.54 Å². The van der Waals surface area contributed by atoms with E-state index in [1.165, 1.54) is 0 Å². The first-order chi connectivity index (χ1) is 9.22. The molecule has 0 unspecified atom stereocenters. The fourth-order valence-electron chi connectivity index (χ4n) is 2.24. The van der Waals surface area contributed by atoms with Gasteiger partial charge in [0.1, 0.15) is 11.2 Å². The number of nitrogens with zero attached hydrogens (tertiary/aromatic N) is 4. The lowest BCUT2D eigenvalue weighted by Gasteiger charge is -2.07. The van der Waals surface area contributed by atoms with E-state index in [0.29, 0.717) is 23.4 Å². The Morgan fingerprint density at radius 2 is 1.95 bits per heavy atom. The lowest BCUT2D eigenvalue weighted by atomic mass is 10.3. The van der Waals surface area contributed by atoms with E-state index in [0.717, 1.165) is 5.69 Å². The van der Waals surface area contributed by atoms with Crippen molar-refractivity contribution in [2.24, 2.45) is 0 Å². The van der Waals surface area contributed by atoms with E-state index in [1.807, 2.05) is 44.2 Å². The Hall–Kier alpha value is -2.43. The average Bonchev–Trinajstić information content (AvgIpc) is 2.84. The molecule has 0 atom stereocenters. The number of aryl methyl sites for hydroxylation is 1. The summed E-state index contributed by atoms with van der Waals surface area (Å²) >= 11 is 0. The smallest absolute Gasteiger partial charge is 0.264 e. The second kappa shape index (κ2) is 4.35. The third kappa shape index (κ3) is 1.74. The average molecular weight is 254 g/mol. The van der Waals surface area contributed by atoms with Crippen molar-refractivity contribution in [3.8, 4) is 5.69 Å². The highest BCUT2D eigenvalue weighted by molar-refractivity contribution is 5.75. The van der Waals surface area contributed by atoms with Crippen molar-refractivity contribution in [3.63, 3.8) is 0 Å². The highest BCUT2D eigenvalue weighted by atomic mass is 16.1. The molecule has 0 aliphatic heterocycles. The van der Waals surface area contributed by atoms with Gasteiger partial charge in [0.2, 0.25) is 0 Å². The first-order valence-corrected chi connectivity index (χ1v) is 6.23. The maximum Gasteiger partial charge on any atom is 0.264 e. The van der Waals surface area contributed by atoms with Gasteiger partial charge in [-0.3, -0.25) is 9.36 Å². The summed E-state index contributed by atoms with van der Waals surface area (Å²) in [5.74, 6) is 0.706. The molecule has 0 amide bonds. The van der Waals surface area contributed by atoms with E-state index in [9.17, 15) is 4.79 Å². The van der Waals surface area contributed by atoms with Crippen LogP contribution in [0.4, 0.5) is 0 Å². The molecule has 5 nitrogen and oxygen atoms in total. The van der Waals surface area contributed by atoms with Crippen LogP contribution in [0.3, 0.4) is 0 Å². The van der Waals surface area contributed by atoms with Gasteiger partial charge >= 0.3 is 0 Å². The second-order valence-electron chi connectivity index (χ2n) is 4.34. The van der Waals surface area contributed by atoms with Crippen molar-refractivity contribution < 1.29 is 0 Å². The van der Waals surface area contributed by atoms with Crippen LogP contribution in [0.1, 0.15) is 12.7 Å². The minimum atomic E-state index is -0.0350. The third-order valence-electron chi connectivity index (χ3n) is 3.19. The van der Waals surface area contributed by atoms with Crippen LogP contribution >= 0.6 is 0 Å². The fraction of sp³-hybridized carbons (Fsp3) is 0.214. The Balaban J connectivity index is 2.34. The molecule has 0 N–H and O–H groups in total. The summed E-state index contributed by atoms with van der Waals surface area (Å²) in [6.07, 6.45) is 1.59. The molecular weight excluding hydrogens is 240 g/mol. The largest absolute Gasteiger partial charge is 0.296 e. The standard InChI is InChI=1S/C14H14N4O/c1-3-17-10(2)16-13-12(14(17)19)9-15-18(13)11-7-5-4-6-8-11/h4-9H,3H2,1-2H3. The van der Waals surface area contributed by atoms with Gasteiger partial charge in [0.15, 0.2) is 5.65 Å². The molecule has 5 heteroatoms. The van der Waals surface area contributed by atoms with Gasteiger partial charge < -0.3 is 0 Å². The molecule has 0 aliphatic rings. The maximum absolute atomic E-state index is 12.3. The Labute approximate surface area is 110 Å². The summed E-state index contributed by atoms with van der Waals surface area (Å²) in [4.78, 5) is 16.8. The molecule has 3 aromatic rings. The molecule has 2 aromatic heterocycles. The predicted octanol–water partition coefficient (Wildman–Crippen LogP) is 1.91. The SMILES string of the molecule is CCn1c(C)nc2c(cnn2-c2ccccc2)c1=O. The minimum absolute atomic E-state index is 0.0350. The van der Waals surface area contributed by atoms with Crippen LogP contribution in [-0.4, -0.2) is 19.3 Å². The molecular formula is C14H14N4O. The molecule has 0 spiro atoms. The molecule has 0 aliphatic carbocycles. The monoisotopic (exact) mass is 254 g/mol. The highest BCUT2D eigenvalue weighted by Crippen LogP contribution is 2.13. The number of rotatable bonds is 2. The minimum Gasteiger partial charge on any atom is -0.296 e. The molecule has 19 heavy (non-hydrogen) atoms. The van der Waals surface area contributed by atoms with Gasteiger partial charge in [-0.25, -0.2) is 9.67 Å². The van der Waals surface area contributed by atoms with E-state index in [-0.39, 0.29) is 5.56 Å². The van der Waals surface area contributed by atoms with Gasteiger partial charge in [0, 0.05) is 6.54 Å². The highest BCUT2D eigenvalue weighted by Gasteiger charge is 2.12. The van der Waals surface area contributed by atoms with Crippen molar-refractivity contribution in [1.29, 1.82) is 0 Å². The van der Waals surface area contributed by atoms with Crippen molar-refractivity contribution in [1.82, 2.24) is 19.3 Å². The van der Waals surface area contributed by atoms with Crippen LogP contribution in [0.2, 0.25) is 0 Å².